The average molecular weight is 282 g/mol. The number of thiazole rings is 1. The quantitative estimate of drug-likeness (QED) is 0.905. The predicted octanol–water partition coefficient (Wildman–Crippen LogP) is 2.82. The first-order chi connectivity index (χ1) is 8.56. The number of primary amides is 1. The van der Waals surface area contributed by atoms with E-state index in [-0.39, 0.29) is 0 Å². The van der Waals surface area contributed by atoms with Crippen molar-refractivity contribution in [2.24, 2.45) is 5.73 Å². The van der Waals surface area contributed by atoms with Gasteiger partial charge in [-0.2, -0.15) is 0 Å². The molecule has 0 spiro atoms. The lowest BCUT2D eigenvalue weighted by atomic mass is 10.2. The van der Waals surface area contributed by atoms with Gasteiger partial charge in [0.1, 0.15) is 0 Å². The van der Waals surface area contributed by atoms with Crippen molar-refractivity contribution in [3.05, 3.63) is 44.9 Å². The van der Waals surface area contributed by atoms with Crippen LogP contribution in [0, 0.1) is 6.92 Å². The van der Waals surface area contributed by atoms with Crippen LogP contribution in [0.1, 0.15) is 21.1 Å². The van der Waals surface area contributed by atoms with Crippen LogP contribution in [0.4, 0.5) is 5.69 Å². The van der Waals surface area contributed by atoms with Crippen molar-refractivity contribution in [3.8, 4) is 0 Å². The van der Waals surface area contributed by atoms with Crippen LogP contribution in [0.5, 0.6) is 0 Å². The van der Waals surface area contributed by atoms with Gasteiger partial charge in [-0.25, -0.2) is 4.98 Å². The maximum absolute atomic E-state index is 11.0. The van der Waals surface area contributed by atoms with Gasteiger partial charge in [0.05, 0.1) is 27.8 Å². The van der Waals surface area contributed by atoms with Crippen LogP contribution in [0.25, 0.3) is 0 Å². The number of carbonyl (C=O) groups is 1. The van der Waals surface area contributed by atoms with E-state index in [1.165, 1.54) is 0 Å². The molecule has 18 heavy (non-hydrogen) atoms. The zero-order valence-electron chi connectivity index (χ0n) is 9.74. The molecule has 1 aromatic heterocycles. The van der Waals surface area contributed by atoms with Crippen molar-refractivity contribution in [1.29, 1.82) is 0 Å². The van der Waals surface area contributed by atoms with Gasteiger partial charge < -0.3 is 11.1 Å². The van der Waals surface area contributed by atoms with Gasteiger partial charge in [-0.05, 0) is 25.1 Å². The summed E-state index contributed by atoms with van der Waals surface area (Å²) in [7, 11) is 0. The number of nitrogens with one attached hydrogen (secondary N) is 1. The van der Waals surface area contributed by atoms with Crippen molar-refractivity contribution in [2.45, 2.75) is 13.5 Å². The molecule has 0 radical (unpaired) electrons. The van der Waals surface area contributed by atoms with E-state index in [2.05, 4.69) is 10.3 Å². The number of nitrogens with two attached hydrogens (primary N) is 1. The molecule has 2 rings (SSSR count). The van der Waals surface area contributed by atoms with E-state index in [1.807, 2.05) is 12.3 Å². The Morgan fingerprint density at radius 2 is 2.33 bits per heavy atom. The van der Waals surface area contributed by atoms with Crippen LogP contribution in [0.3, 0.4) is 0 Å². The second-order valence-electron chi connectivity index (χ2n) is 3.77. The smallest absolute Gasteiger partial charge is 0.250 e. The van der Waals surface area contributed by atoms with Gasteiger partial charge in [0.25, 0.3) is 0 Å². The minimum Gasteiger partial charge on any atom is -0.379 e. The fraction of sp³-hybridized carbons (Fsp3) is 0.167. The summed E-state index contributed by atoms with van der Waals surface area (Å²) in [6.07, 6.45) is 0. The highest BCUT2D eigenvalue weighted by Gasteiger charge is 2.07. The number of aromatic nitrogens is 1. The Morgan fingerprint density at radius 1 is 1.56 bits per heavy atom. The number of rotatable bonds is 4. The summed E-state index contributed by atoms with van der Waals surface area (Å²) in [6, 6.07) is 5.06. The highest BCUT2D eigenvalue weighted by Crippen LogP contribution is 2.21. The van der Waals surface area contributed by atoms with Gasteiger partial charge in [0.15, 0.2) is 0 Å². The van der Waals surface area contributed by atoms with Gasteiger partial charge >= 0.3 is 0 Å². The fourth-order valence-corrected chi connectivity index (χ4v) is 2.39. The topological polar surface area (TPSA) is 68.0 Å². The standard InChI is InChI=1S/C12H12ClN3OS/c1-7-16-9(6-18-7)5-15-8-2-3-10(12(14)17)11(13)4-8/h2-4,6,15H,5H2,1H3,(H2,14,17). The highest BCUT2D eigenvalue weighted by atomic mass is 35.5. The third-order valence-corrected chi connectivity index (χ3v) is 3.51. The summed E-state index contributed by atoms with van der Waals surface area (Å²) < 4.78 is 0. The molecule has 3 N–H and O–H groups in total. The lowest BCUT2D eigenvalue weighted by molar-refractivity contribution is 0.100. The maximum Gasteiger partial charge on any atom is 0.250 e. The number of amides is 1. The van der Waals surface area contributed by atoms with E-state index in [0.29, 0.717) is 17.1 Å². The number of halogens is 1. The molecule has 0 aliphatic rings. The van der Waals surface area contributed by atoms with Crippen molar-refractivity contribution in [3.63, 3.8) is 0 Å². The molecular weight excluding hydrogens is 270 g/mol. The van der Waals surface area contributed by atoms with E-state index in [4.69, 9.17) is 17.3 Å². The van der Waals surface area contributed by atoms with Crippen molar-refractivity contribution >= 4 is 34.5 Å². The molecule has 0 aliphatic heterocycles. The molecule has 0 saturated carbocycles. The number of aryl methyl sites for hydroxylation is 1. The lowest BCUT2D eigenvalue weighted by Crippen LogP contribution is -2.11. The van der Waals surface area contributed by atoms with E-state index >= 15 is 0 Å². The van der Waals surface area contributed by atoms with Gasteiger partial charge in [0, 0.05) is 11.1 Å². The molecule has 6 heteroatoms. The summed E-state index contributed by atoms with van der Waals surface area (Å²) in [5.41, 5.74) is 7.31. The van der Waals surface area contributed by atoms with Crippen LogP contribution in [0.2, 0.25) is 5.02 Å². The summed E-state index contributed by atoms with van der Waals surface area (Å²) in [4.78, 5) is 15.4. The summed E-state index contributed by atoms with van der Waals surface area (Å²) in [5.74, 6) is -0.526. The number of carbonyl (C=O) groups excluding carboxylic acids is 1. The fourth-order valence-electron chi connectivity index (χ4n) is 1.51. The maximum atomic E-state index is 11.0. The number of benzene rings is 1. The van der Waals surface area contributed by atoms with Crippen LogP contribution in [-0.4, -0.2) is 10.9 Å². The van der Waals surface area contributed by atoms with Gasteiger partial charge in [-0.3, -0.25) is 4.79 Å². The van der Waals surface area contributed by atoms with Crippen LogP contribution >= 0.6 is 22.9 Å². The summed E-state index contributed by atoms with van der Waals surface area (Å²) in [5, 5.41) is 6.58. The zero-order chi connectivity index (χ0) is 13.1. The van der Waals surface area contributed by atoms with Crippen LogP contribution in [-0.2, 0) is 6.54 Å². The molecule has 0 unspecified atom stereocenters. The third kappa shape index (κ3) is 3.00. The molecular formula is C12H12ClN3OS. The summed E-state index contributed by atoms with van der Waals surface area (Å²) >= 11 is 7.57. The molecule has 4 nitrogen and oxygen atoms in total. The molecule has 1 aromatic carbocycles. The number of nitrogens with zero attached hydrogens (tertiary/aromatic N) is 1. The van der Waals surface area contributed by atoms with Crippen LogP contribution < -0.4 is 11.1 Å². The number of hydrogen-bond donors (Lipinski definition) is 2. The van der Waals surface area contributed by atoms with E-state index in [0.717, 1.165) is 16.4 Å². The average Bonchev–Trinajstić information content (AvgIpc) is 2.72. The van der Waals surface area contributed by atoms with E-state index < -0.39 is 5.91 Å². The minimum atomic E-state index is -0.526. The first-order valence-corrected chi connectivity index (χ1v) is 6.56. The van der Waals surface area contributed by atoms with Crippen molar-refractivity contribution in [1.82, 2.24) is 4.98 Å². The minimum absolute atomic E-state index is 0.326. The third-order valence-electron chi connectivity index (χ3n) is 2.37. The van der Waals surface area contributed by atoms with Gasteiger partial charge in [0.2, 0.25) is 5.91 Å². The van der Waals surface area contributed by atoms with Gasteiger partial charge in [-0.1, -0.05) is 11.6 Å². The molecule has 0 fully saturated rings. The molecule has 0 bridgehead atoms. The largest absolute Gasteiger partial charge is 0.379 e. The normalized spacial score (nSPS) is 10.3. The molecule has 1 amide bonds. The lowest BCUT2D eigenvalue weighted by Gasteiger charge is -2.06. The summed E-state index contributed by atoms with van der Waals surface area (Å²) in [6.45, 7) is 2.59. The van der Waals surface area contributed by atoms with E-state index in [9.17, 15) is 4.79 Å². The highest BCUT2D eigenvalue weighted by molar-refractivity contribution is 7.09. The Bertz CT molecular complexity index is 582. The SMILES string of the molecule is Cc1nc(CNc2ccc(C(N)=O)c(Cl)c2)cs1. The Hall–Kier alpha value is -1.59. The number of anilines is 1. The molecule has 0 saturated heterocycles. The predicted molar refractivity (Wildman–Crippen MR) is 74.1 cm³/mol. The Morgan fingerprint density at radius 3 is 2.89 bits per heavy atom. The molecule has 0 atom stereocenters. The van der Waals surface area contributed by atoms with Crippen molar-refractivity contribution in [2.75, 3.05) is 5.32 Å². The monoisotopic (exact) mass is 281 g/mol. The van der Waals surface area contributed by atoms with Crippen molar-refractivity contribution < 1.29 is 4.79 Å². The first-order valence-electron chi connectivity index (χ1n) is 5.30. The molecule has 1 heterocycles. The molecule has 0 aliphatic carbocycles. The molecule has 94 valence electrons. The Labute approximate surface area is 114 Å². The second kappa shape index (κ2) is 5.37. The zero-order valence-corrected chi connectivity index (χ0v) is 11.3. The second-order valence-corrected chi connectivity index (χ2v) is 5.24. The number of hydrogen-bond acceptors (Lipinski definition) is 4. The Balaban J connectivity index is 2.06. The first kappa shape index (κ1) is 12.9. The van der Waals surface area contributed by atoms with Gasteiger partial charge in [-0.15, -0.1) is 11.3 Å². The van der Waals surface area contributed by atoms with Crippen LogP contribution in [0.15, 0.2) is 23.6 Å². The molecule has 2 aromatic rings. The van der Waals surface area contributed by atoms with E-state index in [1.54, 1.807) is 29.5 Å². The Kier molecular flexibility index (Phi) is 3.84.